The summed E-state index contributed by atoms with van der Waals surface area (Å²) in [4.78, 5) is 36.3. The number of amides is 1. The van der Waals surface area contributed by atoms with E-state index in [1.54, 1.807) is 15.5 Å². The Morgan fingerprint density at radius 1 is 1.03 bits per heavy atom. The van der Waals surface area contributed by atoms with Gasteiger partial charge in [0.15, 0.2) is 5.82 Å². The Balaban J connectivity index is 1.40. The lowest BCUT2D eigenvalue weighted by Crippen LogP contribution is -2.26. The van der Waals surface area contributed by atoms with Crippen molar-refractivity contribution in [2.24, 2.45) is 0 Å². The van der Waals surface area contributed by atoms with Crippen LogP contribution in [-0.2, 0) is 17.8 Å². The molecule has 2 aromatic carbocycles. The van der Waals surface area contributed by atoms with E-state index in [2.05, 4.69) is 15.1 Å². The van der Waals surface area contributed by atoms with E-state index in [9.17, 15) is 9.59 Å². The number of hydrogen-bond donors (Lipinski definition) is 0. The molecule has 0 aliphatic carbocycles. The second kappa shape index (κ2) is 7.79. The van der Waals surface area contributed by atoms with Crippen molar-refractivity contribution in [2.45, 2.75) is 32.2 Å². The number of aromatic nitrogens is 4. The molecule has 0 bridgehead atoms. The van der Waals surface area contributed by atoms with Gasteiger partial charge < -0.3 is 9.42 Å². The lowest BCUT2D eigenvalue weighted by atomic mass is 10.1. The Morgan fingerprint density at radius 2 is 1.81 bits per heavy atom. The molecule has 156 valence electrons. The van der Waals surface area contributed by atoms with Crippen molar-refractivity contribution in [2.75, 3.05) is 11.4 Å². The highest BCUT2D eigenvalue weighted by molar-refractivity contribution is 5.96. The molecule has 1 atom stereocenters. The van der Waals surface area contributed by atoms with Gasteiger partial charge in [0.1, 0.15) is 5.82 Å². The molecule has 1 amide bonds. The van der Waals surface area contributed by atoms with Crippen LogP contribution in [0.25, 0.3) is 10.9 Å². The highest BCUT2D eigenvalue weighted by Gasteiger charge is 2.35. The summed E-state index contributed by atoms with van der Waals surface area (Å²) in [7, 11) is 0. The molecule has 0 N–H and O–H groups in total. The van der Waals surface area contributed by atoms with Gasteiger partial charge in [-0.15, -0.1) is 0 Å². The van der Waals surface area contributed by atoms with Crippen molar-refractivity contribution in [3.8, 4) is 0 Å². The van der Waals surface area contributed by atoms with Crippen LogP contribution in [0.3, 0.4) is 0 Å². The lowest BCUT2D eigenvalue weighted by molar-refractivity contribution is -0.117. The zero-order chi connectivity index (χ0) is 21.4. The lowest BCUT2D eigenvalue weighted by Gasteiger charge is -2.15. The first-order valence-electron chi connectivity index (χ1n) is 10.3. The second-order valence-electron chi connectivity index (χ2n) is 7.58. The zero-order valence-corrected chi connectivity index (χ0v) is 17.1. The summed E-state index contributed by atoms with van der Waals surface area (Å²) in [5, 5.41) is 4.63. The normalized spacial score (nSPS) is 16.4. The fraction of sp³-hybridized carbons (Fsp3) is 0.261. The number of fused-ring (bicyclic) bond motifs is 1. The zero-order valence-electron chi connectivity index (χ0n) is 17.1. The van der Waals surface area contributed by atoms with Crippen molar-refractivity contribution in [3.05, 3.63) is 82.5 Å². The number of rotatable bonds is 5. The molecule has 3 heterocycles. The van der Waals surface area contributed by atoms with Crippen molar-refractivity contribution in [3.63, 3.8) is 0 Å². The van der Waals surface area contributed by atoms with Crippen molar-refractivity contribution in [1.82, 2.24) is 19.7 Å². The maximum atomic E-state index is 13.0. The molecule has 1 fully saturated rings. The van der Waals surface area contributed by atoms with Crippen LogP contribution in [-0.4, -0.2) is 32.1 Å². The summed E-state index contributed by atoms with van der Waals surface area (Å²) in [6.07, 6.45) is 0.919. The Hall–Kier alpha value is -3.81. The molecule has 8 nitrogen and oxygen atoms in total. The van der Waals surface area contributed by atoms with Crippen LogP contribution >= 0.6 is 0 Å². The maximum Gasteiger partial charge on any atom is 0.261 e. The number of nitrogens with zero attached hydrogens (tertiary/aromatic N) is 5. The minimum absolute atomic E-state index is 0.0270. The van der Waals surface area contributed by atoms with E-state index < -0.39 is 0 Å². The van der Waals surface area contributed by atoms with Gasteiger partial charge in [0.05, 0.1) is 23.4 Å². The molecule has 0 saturated carbocycles. The summed E-state index contributed by atoms with van der Waals surface area (Å²) in [6.45, 7) is 2.62. The first-order chi connectivity index (χ1) is 15.1. The predicted octanol–water partition coefficient (Wildman–Crippen LogP) is 2.91. The highest BCUT2D eigenvalue weighted by atomic mass is 16.5. The fourth-order valence-electron chi connectivity index (χ4n) is 4.02. The standard InChI is InChI=1S/C23H21N5O3/c1-2-20-24-18-11-7-6-10-17(18)23(30)28(20)14-19-25-22(31-26-19)15-12-21(29)27(13-15)16-8-4-3-5-9-16/h3-11,15H,2,12-14H2,1H3. The van der Waals surface area contributed by atoms with Crippen molar-refractivity contribution < 1.29 is 9.32 Å². The first kappa shape index (κ1) is 19.2. The van der Waals surface area contributed by atoms with Gasteiger partial charge in [-0.25, -0.2) is 4.98 Å². The van der Waals surface area contributed by atoms with E-state index in [4.69, 9.17) is 4.52 Å². The van der Waals surface area contributed by atoms with Gasteiger partial charge in [-0.2, -0.15) is 4.98 Å². The van der Waals surface area contributed by atoms with Crippen molar-refractivity contribution >= 4 is 22.5 Å². The molecule has 8 heteroatoms. The fourth-order valence-corrected chi connectivity index (χ4v) is 4.02. The van der Waals surface area contributed by atoms with Gasteiger partial charge in [-0.3, -0.25) is 14.2 Å². The Bertz CT molecular complexity index is 1310. The first-order valence-corrected chi connectivity index (χ1v) is 10.3. The largest absolute Gasteiger partial charge is 0.339 e. The Kier molecular flexibility index (Phi) is 4.82. The smallest absolute Gasteiger partial charge is 0.261 e. The van der Waals surface area contributed by atoms with E-state index in [-0.39, 0.29) is 23.9 Å². The molecule has 1 saturated heterocycles. The molecule has 2 aromatic heterocycles. The SMILES string of the molecule is CCc1nc2ccccc2c(=O)n1Cc1noc(C2CC(=O)N(c3ccccc3)C2)n1. The van der Waals surface area contributed by atoms with Gasteiger partial charge in [0.25, 0.3) is 5.56 Å². The third-order valence-corrected chi connectivity index (χ3v) is 5.58. The van der Waals surface area contributed by atoms with Crippen LogP contribution in [0.2, 0.25) is 0 Å². The van der Waals surface area contributed by atoms with Crippen LogP contribution < -0.4 is 10.5 Å². The van der Waals surface area contributed by atoms with Gasteiger partial charge >= 0.3 is 0 Å². The molecule has 0 spiro atoms. The Labute approximate surface area is 178 Å². The van der Waals surface area contributed by atoms with E-state index in [0.29, 0.717) is 47.8 Å². The van der Waals surface area contributed by atoms with Crippen LogP contribution in [0.1, 0.15) is 36.8 Å². The molecular formula is C23H21N5O3. The molecule has 1 unspecified atom stereocenters. The summed E-state index contributed by atoms with van der Waals surface area (Å²) in [6, 6.07) is 16.8. The van der Waals surface area contributed by atoms with Crippen LogP contribution in [0.4, 0.5) is 5.69 Å². The molecule has 1 aliphatic rings. The van der Waals surface area contributed by atoms with Gasteiger partial charge in [0.2, 0.25) is 11.8 Å². The number of benzene rings is 2. The topological polar surface area (TPSA) is 94.1 Å². The van der Waals surface area contributed by atoms with E-state index in [1.165, 1.54) is 0 Å². The molecule has 0 radical (unpaired) electrons. The van der Waals surface area contributed by atoms with Gasteiger partial charge in [0, 0.05) is 25.1 Å². The molecule has 31 heavy (non-hydrogen) atoms. The Morgan fingerprint density at radius 3 is 2.61 bits per heavy atom. The van der Waals surface area contributed by atoms with Crippen molar-refractivity contribution in [1.29, 1.82) is 0 Å². The molecular weight excluding hydrogens is 394 g/mol. The van der Waals surface area contributed by atoms with Gasteiger partial charge in [-0.1, -0.05) is 42.4 Å². The third-order valence-electron chi connectivity index (χ3n) is 5.58. The molecule has 1 aliphatic heterocycles. The monoisotopic (exact) mass is 415 g/mol. The number of para-hydroxylation sites is 2. The minimum Gasteiger partial charge on any atom is -0.339 e. The summed E-state index contributed by atoms with van der Waals surface area (Å²) in [5.41, 5.74) is 1.41. The van der Waals surface area contributed by atoms with E-state index in [0.717, 1.165) is 5.69 Å². The molecule has 4 aromatic rings. The molecule has 5 rings (SSSR count). The minimum atomic E-state index is -0.175. The van der Waals surface area contributed by atoms with Crippen LogP contribution in [0, 0.1) is 0 Å². The second-order valence-corrected chi connectivity index (χ2v) is 7.58. The highest BCUT2D eigenvalue weighted by Crippen LogP contribution is 2.30. The average molecular weight is 415 g/mol. The quantitative estimate of drug-likeness (QED) is 0.497. The maximum absolute atomic E-state index is 13.0. The summed E-state index contributed by atoms with van der Waals surface area (Å²) in [5.74, 6) is 1.34. The summed E-state index contributed by atoms with van der Waals surface area (Å²) < 4.78 is 7.07. The third kappa shape index (κ3) is 3.50. The predicted molar refractivity (Wildman–Crippen MR) is 115 cm³/mol. The van der Waals surface area contributed by atoms with E-state index >= 15 is 0 Å². The van der Waals surface area contributed by atoms with Crippen LogP contribution in [0.15, 0.2) is 63.9 Å². The number of anilines is 1. The van der Waals surface area contributed by atoms with Gasteiger partial charge in [-0.05, 0) is 24.3 Å². The number of aryl methyl sites for hydroxylation is 1. The number of carbonyl (C=O) groups is 1. The van der Waals surface area contributed by atoms with E-state index in [1.807, 2.05) is 55.5 Å². The average Bonchev–Trinajstić information content (AvgIpc) is 3.42. The number of carbonyl (C=O) groups excluding carboxylic acids is 1. The summed E-state index contributed by atoms with van der Waals surface area (Å²) >= 11 is 0. The van der Waals surface area contributed by atoms with Crippen LogP contribution in [0.5, 0.6) is 0 Å². The number of hydrogen-bond acceptors (Lipinski definition) is 6.